The normalized spacial score (nSPS) is 11.0. The molecule has 0 aliphatic heterocycles. The number of hydrogen-bond acceptors (Lipinski definition) is 8. The number of carbonyl (C=O) groups is 1. The summed E-state index contributed by atoms with van der Waals surface area (Å²) in [6.07, 6.45) is 0. The molecule has 31 heavy (non-hydrogen) atoms. The monoisotopic (exact) mass is 512 g/mol. The van der Waals surface area contributed by atoms with Gasteiger partial charge >= 0.3 is 0 Å². The van der Waals surface area contributed by atoms with E-state index >= 15 is 0 Å². The fourth-order valence-electron chi connectivity index (χ4n) is 3.15. The highest BCUT2D eigenvalue weighted by molar-refractivity contribution is 9.10. The number of hydrogen-bond donors (Lipinski definition) is 4. The van der Waals surface area contributed by atoms with E-state index in [4.69, 9.17) is 22.1 Å². The number of aromatic nitrogens is 3. The Hall–Kier alpha value is -2.60. The van der Waals surface area contributed by atoms with E-state index in [1.54, 1.807) is 23.1 Å². The molecule has 0 aliphatic carbocycles. The molecular formula is C19H22BrClN6O4. The summed E-state index contributed by atoms with van der Waals surface area (Å²) in [4.78, 5) is 15.0. The van der Waals surface area contributed by atoms with Gasteiger partial charge in [-0.2, -0.15) is 0 Å². The molecule has 1 amide bonds. The zero-order valence-electron chi connectivity index (χ0n) is 16.9. The molecule has 10 nitrogen and oxygen atoms in total. The van der Waals surface area contributed by atoms with Crippen LogP contribution in [0.25, 0.3) is 16.7 Å². The summed E-state index contributed by atoms with van der Waals surface area (Å²) >= 11 is 9.69. The second kappa shape index (κ2) is 9.69. The minimum absolute atomic E-state index is 0.125. The Morgan fingerprint density at radius 1 is 1.26 bits per heavy atom. The number of benzene rings is 2. The van der Waals surface area contributed by atoms with Crippen molar-refractivity contribution in [1.29, 1.82) is 0 Å². The summed E-state index contributed by atoms with van der Waals surface area (Å²) < 4.78 is 6.10. The number of halogens is 2. The van der Waals surface area contributed by atoms with E-state index in [0.717, 1.165) is 0 Å². The molecule has 0 atom stereocenters. The first-order valence-corrected chi connectivity index (χ1v) is 10.4. The van der Waals surface area contributed by atoms with Gasteiger partial charge in [0.15, 0.2) is 0 Å². The molecule has 1 aromatic heterocycles. The second-order valence-electron chi connectivity index (χ2n) is 6.60. The highest BCUT2D eigenvalue weighted by Crippen LogP contribution is 2.38. The number of methoxy groups -OCH3 is 1. The molecule has 0 saturated heterocycles. The van der Waals surface area contributed by atoms with E-state index in [1.807, 2.05) is 0 Å². The number of anilines is 3. The average molecular weight is 514 g/mol. The van der Waals surface area contributed by atoms with Crippen molar-refractivity contribution in [3.05, 3.63) is 27.7 Å². The number of aliphatic hydroxyl groups excluding tert-OH is 2. The van der Waals surface area contributed by atoms with Crippen LogP contribution in [-0.4, -0.2) is 64.5 Å². The molecule has 0 unspecified atom stereocenters. The van der Waals surface area contributed by atoms with Crippen LogP contribution in [0.2, 0.25) is 5.02 Å². The van der Waals surface area contributed by atoms with Crippen LogP contribution >= 0.6 is 27.5 Å². The molecule has 12 heteroatoms. The SMILES string of the molecule is COc1cc(-n2nc3c(Cl)cc(N)c(Br)c3n2)c(NC(C)=O)cc1N(CCO)CCO. The van der Waals surface area contributed by atoms with Gasteiger partial charge in [0.25, 0.3) is 0 Å². The zero-order valence-corrected chi connectivity index (χ0v) is 19.2. The number of nitrogens with one attached hydrogen (secondary N) is 1. The van der Waals surface area contributed by atoms with Gasteiger partial charge in [-0.3, -0.25) is 4.79 Å². The van der Waals surface area contributed by atoms with E-state index in [2.05, 4.69) is 31.4 Å². The number of amides is 1. The minimum atomic E-state index is -0.298. The van der Waals surface area contributed by atoms with Gasteiger partial charge in [0.2, 0.25) is 5.91 Å². The van der Waals surface area contributed by atoms with Gasteiger partial charge in [0, 0.05) is 31.8 Å². The molecule has 5 N–H and O–H groups in total. The summed E-state index contributed by atoms with van der Waals surface area (Å²) in [7, 11) is 1.50. The van der Waals surface area contributed by atoms with Crippen LogP contribution in [-0.2, 0) is 4.79 Å². The van der Waals surface area contributed by atoms with Crippen molar-refractivity contribution in [3.8, 4) is 11.4 Å². The molecule has 2 aromatic carbocycles. The van der Waals surface area contributed by atoms with Crippen LogP contribution in [0.3, 0.4) is 0 Å². The van der Waals surface area contributed by atoms with E-state index in [1.165, 1.54) is 18.8 Å². The first-order valence-electron chi connectivity index (χ1n) is 9.27. The van der Waals surface area contributed by atoms with Gasteiger partial charge < -0.3 is 30.9 Å². The Morgan fingerprint density at radius 3 is 2.48 bits per heavy atom. The number of aliphatic hydroxyl groups is 2. The maximum Gasteiger partial charge on any atom is 0.221 e. The van der Waals surface area contributed by atoms with E-state index in [-0.39, 0.29) is 32.2 Å². The lowest BCUT2D eigenvalue weighted by atomic mass is 10.2. The Morgan fingerprint density at radius 2 is 1.90 bits per heavy atom. The first-order chi connectivity index (χ1) is 14.8. The van der Waals surface area contributed by atoms with Crippen molar-refractivity contribution in [2.24, 2.45) is 0 Å². The van der Waals surface area contributed by atoms with Crippen LogP contribution < -0.4 is 20.7 Å². The number of fused-ring (bicyclic) bond motifs is 1. The van der Waals surface area contributed by atoms with Crippen LogP contribution in [0.4, 0.5) is 17.1 Å². The van der Waals surface area contributed by atoms with Crippen molar-refractivity contribution in [1.82, 2.24) is 15.0 Å². The Balaban J connectivity index is 2.24. The Labute approximate surface area is 191 Å². The first kappa shape index (κ1) is 23.1. The second-order valence-corrected chi connectivity index (χ2v) is 7.81. The minimum Gasteiger partial charge on any atom is -0.494 e. The molecular weight excluding hydrogens is 492 g/mol. The number of carbonyl (C=O) groups excluding carboxylic acids is 1. The molecule has 0 fully saturated rings. The number of rotatable bonds is 8. The van der Waals surface area contributed by atoms with Gasteiger partial charge in [-0.05, 0) is 28.1 Å². The molecule has 0 aliphatic rings. The van der Waals surface area contributed by atoms with Crippen LogP contribution in [0.15, 0.2) is 22.7 Å². The van der Waals surface area contributed by atoms with Crippen molar-refractivity contribution < 1.29 is 19.7 Å². The summed E-state index contributed by atoms with van der Waals surface area (Å²) in [5.41, 5.74) is 8.69. The quantitative estimate of drug-likeness (QED) is 0.336. The summed E-state index contributed by atoms with van der Waals surface area (Å²) in [5.74, 6) is 0.144. The van der Waals surface area contributed by atoms with Gasteiger partial charge in [0.05, 0.1) is 41.2 Å². The summed E-state index contributed by atoms with van der Waals surface area (Å²) in [6, 6.07) is 4.92. The van der Waals surface area contributed by atoms with Gasteiger partial charge in [0.1, 0.15) is 22.5 Å². The highest BCUT2D eigenvalue weighted by Gasteiger charge is 2.21. The van der Waals surface area contributed by atoms with Crippen LogP contribution in [0, 0.1) is 0 Å². The third-order valence-electron chi connectivity index (χ3n) is 4.49. The lowest BCUT2D eigenvalue weighted by Crippen LogP contribution is -2.30. The third-order valence-corrected chi connectivity index (χ3v) is 5.61. The number of nitrogens with two attached hydrogens (primary N) is 1. The molecule has 0 spiro atoms. The maximum atomic E-state index is 11.9. The standard InChI is InChI=1S/C19H22BrClN6O4/c1-10(30)23-13-8-15(26(3-5-28)4-6-29)16(31-2)9-14(13)27-24-18-11(21)7-12(22)17(20)19(18)25-27/h7-9,28-29H,3-6,22H2,1-2H3,(H,23,30). The predicted octanol–water partition coefficient (Wildman–Crippen LogP) is 2.18. The van der Waals surface area contributed by atoms with Crippen molar-refractivity contribution in [2.45, 2.75) is 6.92 Å². The molecule has 0 radical (unpaired) electrons. The predicted molar refractivity (Wildman–Crippen MR) is 123 cm³/mol. The van der Waals surface area contributed by atoms with Crippen molar-refractivity contribution in [2.75, 3.05) is 49.4 Å². The molecule has 0 bridgehead atoms. The van der Waals surface area contributed by atoms with Crippen LogP contribution in [0.5, 0.6) is 5.75 Å². The largest absolute Gasteiger partial charge is 0.494 e. The van der Waals surface area contributed by atoms with Gasteiger partial charge in [-0.15, -0.1) is 15.0 Å². The molecule has 3 aromatic rings. The number of nitrogen functional groups attached to an aromatic ring is 1. The smallest absolute Gasteiger partial charge is 0.221 e. The maximum absolute atomic E-state index is 11.9. The van der Waals surface area contributed by atoms with Gasteiger partial charge in [-0.25, -0.2) is 0 Å². The fraction of sp³-hybridized carbons (Fsp3) is 0.316. The molecule has 166 valence electrons. The third kappa shape index (κ3) is 4.69. The lowest BCUT2D eigenvalue weighted by Gasteiger charge is -2.26. The average Bonchev–Trinajstić information content (AvgIpc) is 3.17. The van der Waals surface area contributed by atoms with Crippen molar-refractivity contribution in [3.63, 3.8) is 0 Å². The highest BCUT2D eigenvalue weighted by atomic mass is 79.9. The van der Waals surface area contributed by atoms with Crippen LogP contribution in [0.1, 0.15) is 6.92 Å². The summed E-state index contributed by atoms with van der Waals surface area (Å²) in [5, 5.41) is 30.9. The number of nitrogens with zero attached hydrogens (tertiary/aromatic N) is 4. The molecule has 1 heterocycles. The topological polar surface area (TPSA) is 139 Å². The van der Waals surface area contributed by atoms with E-state index < -0.39 is 0 Å². The molecule has 3 rings (SSSR count). The Kier molecular flexibility index (Phi) is 7.21. The fourth-order valence-corrected chi connectivity index (χ4v) is 3.77. The molecule has 0 saturated carbocycles. The van der Waals surface area contributed by atoms with Gasteiger partial charge in [-0.1, -0.05) is 11.6 Å². The van der Waals surface area contributed by atoms with Crippen molar-refractivity contribution >= 4 is 61.5 Å². The van der Waals surface area contributed by atoms with E-state index in [0.29, 0.717) is 49.0 Å². The Bertz CT molecular complexity index is 1120. The zero-order chi connectivity index (χ0) is 22.7. The summed E-state index contributed by atoms with van der Waals surface area (Å²) in [6.45, 7) is 1.66. The lowest BCUT2D eigenvalue weighted by molar-refractivity contribution is -0.114. The van der Waals surface area contributed by atoms with E-state index in [9.17, 15) is 15.0 Å². The number of ether oxygens (including phenoxy) is 1.